The van der Waals surface area contributed by atoms with E-state index in [0.29, 0.717) is 13.2 Å². The summed E-state index contributed by atoms with van der Waals surface area (Å²) in [6, 6.07) is 0. The van der Waals surface area contributed by atoms with Gasteiger partial charge in [0.15, 0.2) is 0 Å². The molecule has 0 bridgehead atoms. The van der Waals surface area contributed by atoms with Gasteiger partial charge in [-0.1, -0.05) is 0 Å². The summed E-state index contributed by atoms with van der Waals surface area (Å²) < 4.78 is 9.38. The molecular formula is C5H11O2+. The summed E-state index contributed by atoms with van der Waals surface area (Å²) in [6.07, 6.45) is 0. The van der Waals surface area contributed by atoms with Crippen LogP contribution in [0.1, 0.15) is 6.92 Å². The highest BCUT2D eigenvalue weighted by atomic mass is 16.5. The van der Waals surface area contributed by atoms with Gasteiger partial charge in [0.1, 0.15) is 6.61 Å². The van der Waals surface area contributed by atoms with E-state index in [4.69, 9.17) is 4.74 Å². The van der Waals surface area contributed by atoms with Crippen molar-refractivity contribution in [1.29, 1.82) is 0 Å². The average Bonchev–Trinajstić information content (AvgIpc) is 1.69. The Morgan fingerprint density at radius 3 is 2.86 bits per heavy atom. The summed E-state index contributed by atoms with van der Waals surface area (Å²) >= 11 is 0. The zero-order valence-corrected chi connectivity index (χ0v) is 4.64. The summed E-state index contributed by atoms with van der Waals surface area (Å²) in [5.41, 5.74) is 0. The summed E-state index contributed by atoms with van der Waals surface area (Å²) in [4.78, 5) is 0. The second kappa shape index (κ2) is 5.63. The molecule has 0 aromatic rings. The summed E-state index contributed by atoms with van der Waals surface area (Å²) in [5, 5.41) is 0. The van der Waals surface area contributed by atoms with E-state index in [0.717, 1.165) is 6.61 Å². The second-order valence-corrected chi connectivity index (χ2v) is 1.11. The number of ether oxygens (including phenoxy) is 1. The molecule has 0 saturated heterocycles. The van der Waals surface area contributed by atoms with Crippen LogP contribution in [0.5, 0.6) is 0 Å². The maximum atomic E-state index is 4.91. The first kappa shape index (κ1) is 6.63. The quantitative estimate of drug-likeness (QED) is 0.372. The van der Waals surface area contributed by atoms with Gasteiger partial charge in [-0.15, -0.1) is 0 Å². The van der Waals surface area contributed by atoms with Crippen LogP contribution in [0.25, 0.3) is 0 Å². The number of rotatable bonds is 4. The van der Waals surface area contributed by atoms with Crippen LogP contribution in [-0.4, -0.2) is 26.6 Å². The molecule has 7 heavy (non-hydrogen) atoms. The molecule has 0 aromatic carbocycles. The van der Waals surface area contributed by atoms with Gasteiger partial charge in [0.2, 0.25) is 0 Å². The molecule has 0 spiro atoms. The lowest BCUT2D eigenvalue weighted by atomic mass is 10.7. The third kappa shape index (κ3) is 5.63. The summed E-state index contributed by atoms with van der Waals surface area (Å²) in [5.74, 6) is 0. The molecule has 0 radical (unpaired) electrons. The molecule has 0 aliphatic rings. The summed E-state index contributed by atoms with van der Waals surface area (Å²) in [6.45, 7) is 7.12. The Morgan fingerprint density at radius 1 is 1.71 bits per heavy atom. The van der Waals surface area contributed by atoms with E-state index in [-0.39, 0.29) is 0 Å². The first-order valence-corrected chi connectivity index (χ1v) is 2.36. The van der Waals surface area contributed by atoms with Gasteiger partial charge in [0, 0.05) is 6.61 Å². The van der Waals surface area contributed by atoms with Gasteiger partial charge in [0.25, 0.3) is 13.4 Å². The number of hydrogen-bond acceptors (Lipinski definition) is 1. The minimum absolute atomic E-state index is 0.591. The fourth-order valence-electron chi connectivity index (χ4n) is 0.262. The third-order valence-electron chi connectivity index (χ3n) is 0.576. The number of carbonyl (C=O) groups excluding carboxylic acids is 1. The molecule has 2 nitrogen and oxygen atoms in total. The second-order valence-electron chi connectivity index (χ2n) is 1.11. The monoisotopic (exact) mass is 103 g/mol. The molecule has 0 N–H and O–H groups in total. The first-order valence-electron chi connectivity index (χ1n) is 2.36. The lowest BCUT2D eigenvalue weighted by Crippen LogP contribution is -1.98. The van der Waals surface area contributed by atoms with Gasteiger partial charge in [-0.05, 0) is 6.92 Å². The van der Waals surface area contributed by atoms with Crippen LogP contribution in [0.2, 0.25) is 0 Å². The zero-order chi connectivity index (χ0) is 5.54. The van der Waals surface area contributed by atoms with Gasteiger partial charge in [-0.2, -0.15) is 0 Å². The van der Waals surface area contributed by atoms with Crippen molar-refractivity contribution >= 4 is 6.79 Å². The highest BCUT2D eigenvalue weighted by Crippen LogP contribution is 1.68. The van der Waals surface area contributed by atoms with Crippen molar-refractivity contribution in [2.24, 2.45) is 0 Å². The van der Waals surface area contributed by atoms with Crippen LogP contribution in [0, 0.1) is 0 Å². The van der Waals surface area contributed by atoms with E-state index in [1.165, 1.54) is 0 Å². The Hall–Kier alpha value is -0.370. The Kier molecular flexibility index (Phi) is 5.33. The highest BCUT2D eigenvalue weighted by molar-refractivity contribution is 5.12. The maximum Gasteiger partial charge on any atom is 0.284 e. The van der Waals surface area contributed by atoms with Crippen molar-refractivity contribution < 1.29 is 9.16 Å². The largest absolute Gasteiger partial charge is 0.372 e. The lowest BCUT2D eigenvalue weighted by molar-refractivity contribution is -0.451. The van der Waals surface area contributed by atoms with Crippen molar-refractivity contribution in [1.82, 2.24) is 0 Å². The molecule has 0 heterocycles. The van der Waals surface area contributed by atoms with E-state index >= 15 is 0 Å². The molecule has 2 heteroatoms. The van der Waals surface area contributed by atoms with Crippen LogP contribution < -0.4 is 0 Å². The summed E-state index contributed by atoms with van der Waals surface area (Å²) in [7, 11) is 0. The molecule has 0 amide bonds. The van der Waals surface area contributed by atoms with E-state index in [9.17, 15) is 0 Å². The Morgan fingerprint density at radius 2 is 2.43 bits per heavy atom. The molecule has 0 rings (SSSR count). The predicted molar refractivity (Wildman–Crippen MR) is 28.5 cm³/mol. The van der Waals surface area contributed by atoms with Crippen LogP contribution >= 0.6 is 0 Å². The van der Waals surface area contributed by atoms with Crippen LogP contribution in [0.15, 0.2) is 0 Å². The molecule has 0 saturated carbocycles. The zero-order valence-electron chi connectivity index (χ0n) is 4.64. The first-order chi connectivity index (χ1) is 3.41. The van der Waals surface area contributed by atoms with E-state index in [2.05, 4.69) is 11.2 Å². The van der Waals surface area contributed by atoms with Crippen molar-refractivity contribution in [3.05, 3.63) is 0 Å². The van der Waals surface area contributed by atoms with E-state index in [1.807, 2.05) is 6.92 Å². The van der Waals surface area contributed by atoms with E-state index in [1.54, 1.807) is 0 Å². The molecular weight excluding hydrogens is 92.1 g/mol. The van der Waals surface area contributed by atoms with Crippen molar-refractivity contribution in [2.75, 3.05) is 19.8 Å². The van der Waals surface area contributed by atoms with Crippen LogP contribution in [-0.2, 0) is 9.16 Å². The van der Waals surface area contributed by atoms with Gasteiger partial charge in [0.05, 0.1) is 0 Å². The van der Waals surface area contributed by atoms with E-state index < -0.39 is 0 Å². The maximum absolute atomic E-state index is 4.91. The van der Waals surface area contributed by atoms with Crippen LogP contribution in [0.4, 0.5) is 0 Å². The number of hydrogen-bond donors (Lipinski definition) is 0. The molecule has 0 atom stereocenters. The van der Waals surface area contributed by atoms with Crippen molar-refractivity contribution in [2.45, 2.75) is 6.92 Å². The van der Waals surface area contributed by atoms with Gasteiger partial charge >= 0.3 is 0 Å². The molecule has 0 aliphatic heterocycles. The highest BCUT2D eigenvalue weighted by Gasteiger charge is 1.84. The minimum Gasteiger partial charge on any atom is -0.372 e. The van der Waals surface area contributed by atoms with Gasteiger partial charge < -0.3 is 4.74 Å². The predicted octanol–water partition coefficient (Wildman–Crippen LogP) is 0.387. The molecule has 0 unspecified atom stereocenters. The molecule has 0 fully saturated rings. The Balaban J connectivity index is 2.56. The SMILES string of the molecule is C=[O+]CCOCC. The fourth-order valence-corrected chi connectivity index (χ4v) is 0.262. The normalized spacial score (nSPS) is 8.71. The third-order valence-corrected chi connectivity index (χ3v) is 0.576. The Labute approximate surface area is 43.8 Å². The molecule has 42 valence electrons. The van der Waals surface area contributed by atoms with Gasteiger partial charge in [-0.25, -0.2) is 0 Å². The topological polar surface area (TPSA) is 20.5 Å². The Bertz CT molecular complexity index is 43.3. The van der Waals surface area contributed by atoms with Crippen LogP contribution in [0.3, 0.4) is 0 Å². The molecule has 0 aliphatic carbocycles. The van der Waals surface area contributed by atoms with Crippen molar-refractivity contribution in [3.8, 4) is 0 Å². The smallest absolute Gasteiger partial charge is 0.284 e. The van der Waals surface area contributed by atoms with Gasteiger partial charge in [-0.3, -0.25) is 4.42 Å². The fraction of sp³-hybridized carbons (Fsp3) is 0.800. The van der Waals surface area contributed by atoms with Crippen molar-refractivity contribution in [3.63, 3.8) is 0 Å². The lowest BCUT2D eigenvalue weighted by Gasteiger charge is -1.87. The molecule has 0 aromatic heterocycles. The minimum atomic E-state index is 0.591. The average molecular weight is 103 g/mol. The standard InChI is InChI=1S/C5H11O2/c1-3-7-5-4-6-2/h2-5H2,1H3/q+1.